The highest BCUT2D eigenvalue weighted by atomic mass is 16.5. The molecular formula is C38H54O4. The molecule has 0 radical (unpaired) electrons. The van der Waals surface area contributed by atoms with E-state index < -0.39 is 0 Å². The van der Waals surface area contributed by atoms with Crippen LogP contribution in [0.1, 0.15) is 123 Å². The molecule has 0 aromatic heterocycles. The molecule has 1 aromatic rings. The van der Waals surface area contributed by atoms with Gasteiger partial charge in [-0.3, -0.25) is 4.79 Å². The average Bonchev–Trinajstić information content (AvgIpc) is 2.96. The minimum Gasteiger partial charge on any atom is -0.469 e. The zero-order chi connectivity index (χ0) is 30.3. The minimum absolute atomic E-state index is 0.0303. The molecule has 230 valence electrons. The zero-order valence-corrected chi connectivity index (χ0v) is 27.5. The Kier molecular flexibility index (Phi) is 6.92. The van der Waals surface area contributed by atoms with Crippen molar-refractivity contribution in [2.45, 2.75) is 119 Å². The number of benzene rings is 1. The van der Waals surface area contributed by atoms with Crippen LogP contribution in [0, 0.1) is 50.2 Å². The van der Waals surface area contributed by atoms with Gasteiger partial charge in [0.05, 0.1) is 18.1 Å². The van der Waals surface area contributed by atoms with Crippen molar-refractivity contribution < 1.29 is 19.1 Å². The second-order valence-electron chi connectivity index (χ2n) is 16.9. The van der Waals surface area contributed by atoms with E-state index in [0.717, 1.165) is 38.5 Å². The molecular weight excluding hydrogens is 520 g/mol. The summed E-state index contributed by atoms with van der Waals surface area (Å²) in [6.45, 7) is 17.2. The first-order valence-electron chi connectivity index (χ1n) is 16.7. The minimum atomic E-state index is -0.390. The topological polar surface area (TPSA) is 52.6 Å². The lowest BCUT2D eigenvalue weighted by Crippen LogP contribution is -2.64. The van der Waals surface area contributed by atoms with Crippen molar-refractivity contribution in [1.29, 1.82) is 0 Å². The molecule has 0 heterocycles. The second-order valence-corrected chi connectivity index (χ2v) is 16.9. The van der Waals surface area contributed by atoms with Crippen molar-refractivity contribution >= 4 is 11.9 Å². The Balaban J connectivity index is 1.30. The van der Waals surface area contributed by atoms with E-state index in [1.54, 1.807) is 12.7 Å². The standard InChI is InChI=1S/C38H54O4/c1-33(2)28-16-19-38(7)29(36(28,5)18-17-30(33)42-31(39)25-12-10-9-11-13-25)15-14-26-27-24-35(4,32(40)41-8)21-20-34(27,3)22-23-37(26,38)6/h9-14,27-30H,15-24H2,1-8H3. The van der Waals surface area contributed by atoms with Gasteiger partial charge in [0.25, 0.3) is 0 Å². The smallest absolute Gasteiger partial charge is 0.338 e. The number of carbonyl (C=O) groups excluding carboxylic acids is 2. The number of methoxy groups -OCH3 is 1. The highest BCUT2D eigenvalue weighted by molar-refractivity contribution is 5.89. The SMILES string of the molecule is COC(=O)C1(C)CCC2(C)CCC3(C)C(=CCC4C5(C)CCC(OC(=O)c6ccccc6)C(C)(C)C5CCC43C)C2C1. The predicted octanol–water partition coefficient (Wildman–Crippen LogP) is 9.19. The summed E-state index contributed by atoms with van der Waals surface area (Å²) in [4.78, 5) is 26.1. The number of hydrogen-bond donors (Lipinski definition) is 0. The van der Waals surface area contributed by atoms with Gasteiger partial charge in [-0.15, -0.1) is 0 Å². The molecule has 0 amide bonds. The van der Waals surface area contributed by atoms with Gasteiger partial charge in [-0.1, -0.05) is 71.4 Å². The van der Waals surface area contributed by atoms with Crippen LogP contribution >= 0.6 is 0 Å². The molecule has 5 aliphatic carbocycles. The molecule has 4 nitrogen and oxygen atoms in total. The van der Waals surface area contributed by atoms with Gasteiger partial charge in [-0.05, 0) is 123 Å². The maximum Gasteiger partial charge on any atom is 0.338 e. The Morgan fingerprint density at radius 2 is 1.50 bits per heavy atom. The van der Waals surface area contributed by atoms with E-state index in [9.17, 15) is 9.59 Å². The highest BCUT2D eigenvalue weighted by Crippen LogP contribution is 2.75. The molecule has 5 aliphatic rings. The lowest BCUT2D eigenvalue weighted by molar-refractivity contribution is -0.203. The van der Waals surface area contributed by atoms with Gasteiger partial charge in [-0.2, -0.15) is 0 Å². The van der Waals surface area contributed by atoms with E-state index in [1.807, 2.05) is 30.3 Å². The third kappa shape index (κ3) is 4.05. The molecule has 4 heteroatoms. The van der Waals surface area contributed by atoms with Gasteiger partial charge in [0.15, 0.2) is 0 Å². The molecule has 4 fully saturated rings. The van der Waals surface area contributed by atoms with E-state index in [1.165, 1.54) is 25.7 Å². The van der Waals surface area contributed by atoms with Gasteiger partial charge in [-0.25, -0.2) is 4.79 Å². The number of allylic oxidation sites excluding steroid dienone is 2. The molecule has 1 aromatic carbocycles. The second kappa shape index (κ2) is 9.70. The van der Waals surface area contributed by atoms with Gasteiger partial charge >= 0.3 is 11.9 Å². The number of esters is 2. The quantitative estimate of drug-likeness (QED) is 0.267. The Hall–Kier alpha value is -2.10. The monoisotopic (exact) mass is 574 g/mol. The summed E-state index contributed by atoms with van der Waals surface area (Å²) >= 11 is 0. The summed E-state index contributed by atoms with van der Waals surface area (Å²) in [5, 5.41) is 0. The van der Waals surface area contributed by atoms with Crippen LogP contribution in [0.5, 0.6) is 0 Å². The van der Waals surface area contributed by atoms with Crippen molar-refractivity contribution in [3.8, 4) is 0 Å². The van der Waals surface area contributed by atoms with Gasteiger partial charge in [0, 0.05) is 5.41 Å². The first-order chi connectivity index (χ1) is 19.6. The van der Waals surface area contributed by atoms with Crippen LogP contribution in [-0.4, -0.2) is 25.2 Å². The lowest BCUT2D eigenvalue weighted by Gasteiger charge is -2.71. The molecule has 0 aliphatic heterocycles. The first-order valence-corrected chi connectivity index (χ1v) is 16.7. The fourth-order valence-electron chi connectivity index (χ4n) is 11.7. The Morgan fingerprint density at radius 3 is 2.19 bits per heavy atom. The van der Waals surface area contributed by atoms with Crippen LogP contribution in [0.3, 0.4) is 0 Å². The molecule has 6 rings (SSSR count). The molecule has 0 spiro atoms. The van der Waals surface area contributed by atoms with E-state index in [2.05, 4.69) is 54.5 Å². The summed E-state index contributed by atoms with van der Waals surface area (Å²) in [5.74, 6) is 1.34. The number of hydrogen-bond acceptors (Lipinski definition) is 4. The Morgan fingerprint density at radius 1 is 0.810 bits per heavy atom. The fraction of sp³-hybridized carbons (Fsp3) is 0.737. The normalized spacial score (nSPS) is 45.7. The van der Waals surface area contributed by atoms with Gasteiger partial charge < -0.3 is 9.47 Å². The van der Waals surface area contributed by atoms with Crippen LogP contribution < -0.4 is 0 Å². The maximum absolute atomic E-state index is 13.1. The maximum atomic E-state index is 13.1. The number of carbonyl (C=O) groups is 2. The van der Waals surface area contributed by atoms with Crippen molar-refractivity contribution in [2.24, 2.45) is 50.2 Å². The third-order valence-electron chi connectivity index (χ3n) is 14.7. The van der Waals surface area contributed by atoms with Gasteiger partial charge in [0.1, 0.15) is 6.10 Å². The Bertz CT molecular complexity index is 1280. The fourth-order valence-corrected chi connectivity index (χ4v) is 11.7. The first kappa shape index (κ1) is 29.9. The van der Waals surface area contributed by atoms with Crippen molar-refractivity contribution in [2.75, 3.05) is 7.11 Å². The van der Waals surface area contributed by atoms with Crippen LogP contribution in [-0.2, 0) is 14.3 Å². The average molecular weight is 575 g/mol. The lowest BCUT2D eigenvalue weighted by atomic mass is 9.33. The summed E-state index contributed by atoms with van der Waals surface area (Å²) in [6.07, 6.45) is 13.6. The highest BCUT2D eigenvalue weighted by Gasteiger charge is 2.68. The van der Waals surface area contributed by atoms with Crippen LogP contribution in [0.2, 0.25) is 0 Å². The predicted molar refractivity (Wildman–Crippen MR) is 167 cm³/mol. The van der Waals surface area contributed by atoms with Crippen molar-refractivity contribution in [3.05, 3.63) is 47.5 Å². The number of fused-ring (bicyclic) bond motifs is 7. The molecule has 0 N–H and O–H groups in total. The van der Waals surface area contributed by atoms with Crippen LogP contribution in [0.15, 0.2) is 42.0 Å². The number of rotatable bonds is 3. The van der Waals surface area contributed by atoms with Gasteiger partial charge in [0.2, 0.25) is 0 Å². The summed E-state index contributed by atoms with van der Waals surface area (Å²) in [5.41, 5.74) is 2.66. The van der Waals surface area contributed by atoms with E-state index in [4.69, 9.17) is 9.47 Å². The molecule has 9 unspecified atom stereocenters. The summed E-state index contributed by atoms with van der Waals surface area (Å²) < 4.78 is 11.6. The molecule has 4 saturated carbocycles. The van der Waals surface area contributed by atoms with E-state index in [-0.39, 0.29) is 50.5 Å². The molecule has 42 heavy (non-hydrogen) atoms. The van der Waals surface area contributed by atoms with E-state index >= 15 is 0 Å². The summed E-state index contributed by atoms with van der Waals surface area (Å²) in [7, 11) is 1.55. The van der Waals surface area contributed by atoms with Crippen LogP contribution in [0.4, 0.5) is 0 Å². The van der Waals surface area contributed by atoms with E-state index in [0.29, 0.717) is 23.3 Å². The van der Waals surface area contributed by atoms with Crippen molar-refractivity contribution in [3.63, 3.8) is 0 Å². The molecule has 9 atom stereocenters. The largest absolute Gasteiger partial charge is 0.469 e. The molecule has 0 saturated heterocycles. The summed E-state index contributed by atoms with van der Waals surface area (Å²) in [6, 6.07) is 9.47. The third-order valence-corrected chi connectivity index (χ3v) is 14.7. The Labute approximate surface area is 254 Å². The number of ether oxygens (including phenoxy) is 2. The molecule has 0 bridgehead atoms. The zero-order valence-electron chi connectivity index (χ0n) is 27.5. The van der Waals surface area contributed by atoms with Crippen LogP contribution in [0.25, 0.3) is 0 Å². The van der Waals surface area contributed by atoms with Crippen molar-refractivity contribution in [1.82, 2.24) is 0 Å².